The lowest BCUT2D eigenvalue weighted by Crippen LogP contribution is -2.32. The van der Waals surface area contributed by atoms with E-state index in [1.807, 2.05) is 36.4 Å². The number of methoxy groups -OCH3 is 1. The molecule has 0 bridgehead atoms. The molecule has 0 saturated carbocycles. The lowest BCUT2D eigenvalue weighted by Gasteiger charge is -2.19. The summed E-state index contributed by atoms with van der Waals surface area (Å²) >= 11 is 0.928. The van der Waals surface area contributed by atoms with Crippen molar-refractivity contribution in [2.45, 2.75) is 11.7 Å². The van der Waals surface area contributed by atoms with Gasteiger partial charge in [0.1, 0.15) is 11.0 Å². The number of ether oxygens (including phenoxy) is 1. The molecule has 1 unspecified atom stereocenters. The van der Waals surface area contributed by atoms with Crippen molar-refractivity contribution in [2.24, 2.45) is 15.9 Å². The second-order valence-corrected chi connectivity index (χ2v) is 8.89. The van der Waals surface area contributed by atoms with Gasteiger partial charge in [0, 0.05) is 24.1 Å². The Labute approximate surface area is 210 Å². The number of nitrogens with zero attached hydrogens (tertiary/aromatic N) is 4. The molecule has 1 heterocycles. The molecule has 3 aromatic rings. The lowest BCUT2D eigenvalue weighted by molar-refractivity contribution is -0.384. The number of amides is 2. The molecule has 1 aliphatic heterocycles. The van der Waals surface area contributed by atoms with Crippen LogP contribution < -0.4 is 15.4 Å². The zero-order chi connectivity index (χ0) is 25.7. The summed E-state index contributed by atoms with van der Waals surface area (Å²) in [6.45, 7) is 0. The summed E-state index contributed by atoms with van der Waals surface area (Å²) in [7, 11) is 1.47. The first-order valence-electron chi connectivity index (χ1n) is 10.7. The number of amidine groups is 1. The molecule has 1 aliphatic rings. The molecule has 0 radical (unpaired) electrons. The van der Waals surface area contributed by atoms with Crippen LogP contribution in [0.5, 0.6) is 5.75 Å². The summed E-state index contributed by atoms with van der Waals surface area (Å²) < 4.78 is 5.42. The maximum Gasteiger partial charge on any atom is 0.270 e. The van der Waals surface area contributed by atoms with Crippen LogP contribution in [0.1, 0.15) is 12.0 Å². The van der Waals surface area contributed by atoms with Crippen LogP contribution >= 0.6 is 11.8 Å². The highest BCUT2D eigenvalue weighted by atomic mass is 32.2. The average molecular weight is 504 g/mol. The normalized spacial score (nSPS) is 16.1. The van der Waals surface area contributed by atoms with Crippen LogP contribution in [0.25, 0.3) is 11.1 Å². The second kappa shape index (κ2) is 10.8. The lowest BCUT2D eigenvalue weighted by atomic mass is 10.0. The van der Waals surface area contributed by atoms with Crippen LogP contribution in [0.3, 0.4) is 0 Å². The van der Waals surface area contributed by atoms with Gasteiger partial charge in [-0.05, 0) is 23.3 Å². The van der Waals surface area contributed by atoms with Crippen molar-refractivity contribution in [1.29, 1.82) is 0 Å². The molecular formula is C25H21N5O5S. The number of hydrogen-bond donors (Lipinski definition) is 1. The van der Waals surface area contributed by atoms with Gasteiger partial charge in [0.2, 0.25) is 11.8 Å². The molecule has 11 heteroatoms. The van der Waals surface area contributed by atoms with E-state index in [9.17, 15) is 19.7 Å². The highest BCUT2D eigenvalue weighted by Crippen LogP contribution is 2.38. The van der Waals surface area contributed by atoms with Crippen LogP contribution in [0.2, 0.25) is 0 Å². The molecule has 4 rings (SSSR count). The number of nitro groups is 1. The summed E-state index contributed by atoms with van der Waals surface area (Å²) in [5, 5.41) is 17.8. The Morgan fingerprint density at radius 2 is 1.89 bits per heavy atom. The first-order chi connectivity index (χ1) is 17.4. The largest absolute Gasteiger partial charge is 0.495 e. The number of thioether (sulfide) groups is 1. The third-order valence-electron chi connectivity index (χ3n) is 5.34. The van der Waals surface area contributed by atoms with Crippen LogP contribution in [0.15, 0.2) is 83.0 Å². The number of non-ortho nitro benzene ring substituents is 1. The second-order valence-electron chi connectivity index (χ2n) is 7.67. The minimum Gasteiger partial charge on any atom is -0.495 e. The molecular weight excluding hydrogens is 482 g/mol. The molecule has 10 nitrogen and oxygen atoms in total. The monoisotopic (exact) mass is 503 g/mol. The number of nitro benzene ring substituents is 1. The Balaban J connectivity index is 1.51. The molecule has 2 amide bonds. The van der Waals surface area contributed by atoms with E-state index in [0.29, 0.717) is 17.0 Å². The Kier molecular flexibility index (Phi) is 7.40. The van der Waals surface area contributed by atoms with Crippen molar-refractivity contribution in [2.75, 3.05) is 12.0 Å². The van der Waals surface area contributed by atoms with Crippen molar-refractivity contribution in [3.63, 3.8) is 0 Å². The van der Waals surface area contributed by atoms with E-state index >= 15 is 0 Å². The number of hydrogen-bond acceptors (Lipinski definition) is 8. The topological polar surface area (TPSA) is 140 Å². The zero-order valence-electron chi connectivity index (χ0n) is 19.1. The third kappa shape index (κ3) is 5.41. The molecule has 3 aromatic carbocycles. The number of rotatable bonds is 7. The van der Waals surface area contributed by atoms with Gasteiger partial charge in [-0.3, -0.25) is 19.7 Å². The van der Waals surface area contributed by atoms with Gasteiger partial charge in [-0.25, -0.2) is 4.90 Å². The summed E-state index contributed by atoms with van der Waals surface area (Å²) in [6, 6.07) is 20.8. The Morgan fingerprint density at radius 3 is 2.61 bits per heavy atom. The number of anilines is 1. The summed E-state index contributed by atoms with van der Waals surface area (Å²) in [5.74, 6) is -0.423. The van der Waals surface area contributed by atoms with Gasteiger partial charge >= 0.3 is 0 Å². The highest BCUT2D eigenvalue weighted by Gasteiger charge is 2.41. The van der Waals surface area contributed by atoms with E-state index in [1.54, 1.807) is 18.2 Å². The smallest absolute Gasteiger partial charge is 0.270 e. The zero-order valence-corrected chi connectivity index (χ0v) is 19.9. The molecule has 0 aromatic heterocycles. The number of carbonyl (C=O) groups is 2. The van der Waals surface area contributed by atoms with Crippen LogP contribution in [-0.4, -0.2) is 40.5 Å². The quantitative estimate of drug-likeness (QED) is 0.169. The van der Waals surface area contributed by atoms with Gasteiger partial charge in [0.25, 0.3) is 5.69 Å². The molecule has 0 aliphatic carbocycles. The van der Waals surface area contributed by atoms with E-state index in [2.05, 4.69) is 10.2 Å². The van der Waals surface area contributed by atoms with Gasteiger partial charge in [-0.1, -0.05) is 60.3 Å². The minimum atomic E-state index is -0.778. The molecule has 1 saturated heterocycles. The van der Waals surface area contributed by atoms with E-state index in [1.165, 1.54) is 31.5 Å². The van der Waals surface area contributed by atoms with Crippen LogP contribution in [0.4, 0.5) is 11.4 Å². The van der Waals surface area contributed by atoms with E-state index < -0.39 is 16.1 Å². The maximum absolute atomic E-state index is 13.2. The number of benzene rings is 3. The number of nitrogens with two attached hydrogens (primary N) is 1. The molecule has 2 N–H and O–H groups in total. The average Bonchev–Trinajstić information content (AvgIpc) is 3.16. The van der Waals surface area contributed by atoms with Gasteiger partial charge in [-0.2, -0.15) is 5.10 Å². The third-order valence-corrected chi connectivity index (χ3v) is 6.32. The van der Waals surface area contributed by atoms with Crippen molar-refractivity contribution < 1.29 is 19.2 Å². The fourth-order valence-corrected chi connectivity index (χ4v) is 4.48. The summed E-state index contributed by atoms with van der Waals surface area (Å²) in [6.07, 6.45) is 1.25. The van der Waals surface area contributed by atoms with E-state index in [0.717, 1.165) is 27.8 Å². The Bertz CT molecular complexity index is 1380. The van der Waals surface area contributed by atoms with Crippen molar-refractivity contribution in [3.8, 4) is 16.9 Å². The van der Waals surface area contributed by atoms with Gasteiger partial charge in [0.05, 0.1) is 23.9 Å². The SMILES string of the molecule is COc1ccc(-c2ccccc2)cc1N1C(=O)CC(S/C(N)=N\N=C\c2cccc([N+](=O)[O-])c2)C1=O. The number of carbonyl (C=O) groups excluding carboxylic acids is 2. The highest BCUT2D eigenvalue weighted by molar-refractivity contribution is 8.14. The fraction of sp³-hybridized carbons (Fsp3) is 0.120. The fourth-order valence-electron chi connectivity index (χ4n) is 3.66. The summed E-state index contributed by atoms with van der Waals surface area (Å²) in [4.78, 5) is 37.5. The predicted molar refractivity (Wildman–Crippen MR) is 139 cm³/mol. The first kappa shape index (κ1) is 24.6. The van der Waals surface area contributed by atoms with Gasteiger partial charge < -0.3 is 10.5 Å². The molecule has 36 heavy (non-hydrogen) atoms. The van der Waals surface area contributed by atoms with Crippen molar-refractivity contribution >= 4 is 46.3 Å². The number of imide groups is 1. The van der Waals surface area contributed by atoms with Crippen LogP contribution in [0, 0.1) is 10.1 Å². The van der Waals surface area contributed by atoms with Crippen molar-refractivity contribution in [1.82, 2.24) is 0 Å². The standard InChI is InChI=1S/C25H21N5O5S/c1-35-21-11-10-18(17-7-3-2-4-8-17)13-20(21)29-23(31)14-22(24(29)32)36-25(26)28-27-15-16-6-5-9-19(12-16)30(33)34/h2-13,15,22H,14H2,1H3,(H2,26,28)/b27-15+. The van der Waals surface area contributed by atoms with E-state index in [-0.39, 0.29) is 23.2 Å². The van der Waals surface area contributed by atoms with Gasteiger partial charge in [0.15, 0.2) is 5.17 Å². The molecule has 1 atom stereocenters. The molecule has 0 spiro atoms. The van der Waals surface area contributed by atoms with E-state index in [4.69, 9.17) is 10.5 Å². The summed E-state index contributed by atoms with van der Waals surface area (Å²) in [5.41, 5.74) is 8.44. The minimum absolute atomic E-state index is 0.0188. The Morgan fingerprint density at radius 1 is 1.11 bits per heavy atom. The Hall–Kier alpha value is -4.51. The maximum atomic E-state index is 13.2. The van der Waals surface area contributed by atoms with Crippen LogP contribution in [-0.2, 0) is 9.59 Å². The predicted octanol–water partition coefficient (Wildman–Crippen LogP) is 3.98. The van der Waals surface area contributed by atoms with Crippen molar-refractivity contribution in [3.05, 3.63) is 88.5 Å². The molecule has 182 valence electrons. The molecule has 1 fully saturated rings. The van der Waals surface area contributed by atoms with Gasteiger partial charge in [-0.15, -0.1) is 5.10 Å². The first-order valence-corrected chi connectivity index (χ1v) is 11.6.